The summed E-state index contributed by atoms with van der Waals surface area (Å²) < 4.78 is 11.0. The lowest BCUT2D eigenvalue weighted by molar-refractivity contribution is -0.123. The van der Waals surface area contributed by atoms with Crippen LogP contribution in [0.25, 0.3) is 0 Å². The molecule has 1 amide bonds. The Balaban J connectivity index is 2.26. The highest BCUT2D eigenvalue weighted by molar-refractivity contribution is 9.10. The van der Waals surface area contributed by atoms with Crippen molar-refractivity contribution in [3.63, 3.8) is 0 Å². The van der Waals surface area contributed by atoms with Gasteiger partial charge in [0.1, 0.15) is 5.75 Å². The average molecular weight is 346 g/mol. The molecule has 0 aliphatic rings. The molecule has 0 aromatic heterocycles. The van der Waals surface area contributed by atoms with Crippen molar-refractivity contribution in [1.29, 1.82) is 0 Å². The SMILES string of the molecule is COCC(O)CCNC(=O)COc1ccc(C)cc1Br. The van der Waals surface area contributed by atoms with Gasteiger partial charge in [-0.2, -0.15) is 0 Å². The lowest BCUT2D eigenvalue weighted by Crippen LogP contribution is -2.32. The molecule has 0 fully saturated rings. The van der Waals surface area contributed by atoms with E-state index in [1.807, 2.05) is 25.1 Å². The predicted octanol–water partition coefficient (Wildman–Crippen LogP) is 1.65. The molecule has 0 saturated carbocycles. The molecule has 1 aromatic carbocycles. The number of halogens is 1. The van der Waals surface area contributed by atoms with Crippen LogP contribution in [0.5, 0.6) is 5.75 Å². The van der Waals surface area contributed by atoms with Gasteiger partial charge in [-0.3, -0.25) is 4.79 Å². The van der Waals surface area contributed by atoms with Crippen molar-refractivity contribution in [2.75, 3.05) is 26.9 Å². The molecule has 2 N–H and O–H groups in total. The quantitative estimate of drug-likeness (QED) is 0.751. The van der Waals surface area contributed by atoms with Gasteiger partial charge in [-0.1, -0.05) is 6.07 Å². The second-order valence-corrected chi connectivity index (χ2v) is 5.32. The largest absolute Gasteiger partial charge is 0.483 e. The first-order valence-electron chi connectivity index (χ1n) is 6.35. The normalized spacial score (nSPS) is 12.0. The van der Waals surface area contributed by atoms with Crippen LogP contribution in [0.2, 0.25) is 0 Å². The van der Waals surface area contributed by atoms with Crippen molar-refractivity contribution < 1.29 is 19.4 Å². The molecule has 6 heteroatoms. The highest BCUT2D eigenvalue weighted by Crippen LogP contribution is 2.25. The second-order valence-electron chi connectivity index (χ2n) is 4.47. The highest BCUT2D eigenvalue weighted by Gasteiger charge is 2.07. The van der Waals surface area contributed by atoms with Crippen LogP contribution in [0.4, 0.5) is 0 Å². The third-order valence-corrected chi connectivity index (χ3v) is 3.22. The van der Waals surface area contributed by atoms with Crippen LogP contribution in [0.3, 0.4) is 0 Å². The number of amides is 1. The third-order valence-electron chi connectivity index (χ3n) is 2.60. The summed E-state index contributed by atoms with van der Waals surface area (Å²) in [4.78, 5) is 11.6. The fraction of sp³-hybridized carbons (Fsp3) is 0.500. The van der Waals surface area contributed by atoms with E-state index < -0.39 is 6.10 Å². The van der Waals surface area contributed by atoms with E-state index in [0.29, 0.717) is 18.7 Å². The van der Waals surface area contributed by atoms with Crippen molar-refractivity contribution in [3.05, 3.63) is 28.2 Å². The van der Waals surface area contributed by atoms with Crippen molar-refractivity contribution in [1.82, 2.24) is 5.32 Å². The highest BCUT2D eigenvalue weighted by atomic mass is 79.9. The molecule has 0 aliphatic carbocycles. The number of carbonyl (C=O) groups excluding carboxylic acids is 1. The van der Waals surface area contributed by atoms with E-state index in [0.717, 1.165) is 10.0 Å². The molecule has 1 atom stereocenters. The van der Waals surface area contributed by atoms with Crippen LogP contribution in [-0.4, -0.2) is 44.0 Å². The molecule has 0 aliphatic heterocycles. The van der Waals surface area contributed by atoms with E-state index >= 15 is 0 Å². The molecular weight excluding hydrogens is 326 g/mol. The fourth-order valence-electron chi connectivity index (χ4n) is 1.57. The number of methoxy groups -OCH3 is 1. The third kappa shape index (κ3) is 6.36. The Kier molecular flexibility index (Phi) is 7.58. The van der Waals surface area contributed by atoms with E-state index in [1.54, 1.807) is 0 Å². The van der Waals surface area contributed by atoms with Gasteiger partial charge >= 0.3 is 0 Å². The minimum atomic E-state index is -0.563. The van der Waals surface area contributed by atoms with Crippen molar-refractivity contribution in [2.24, 2.45) is 0 Å². The number of benzene rings is 1. The number of carbonyl (C=O) groups is 1. The summed E-state index contributed by atoms with van der Waals surface area (Å²) in [6, 6.07) is 5.66. The molecule has 0 bridgehead atoms. The van der Waals surface area contributed by atoms with E-state index in [-0.39, 0.29) is 19.1 Å². The van der Waals surface area contributed by atoms with Gasteiger partial charge in [0.25, 0.3) is 5.91 Å². The van der Waals surface area contributed by atoms with Crippen molar-refractivity contribution >= 4 is 21.8 Å². The van der Waals surface area contributed by atoms with Gasteiger partial charge in [-0.15, -0.1) is 0 Å². The lowest BCUT2D eigenvalue weighted by Gasteiger charge is -2.11. The summed E-state index contributed by atoms with van der Waals surface area (Å²) in [7, 11) is 1.52. The molecule has 0 saturated heterocycles. The first kappa shape index (κ1) is 16.9. The Morgan fingerprint density at radius 1 is 1.50 bits per heavy atom. The maximum atomic E-state index is 11.6. The lowest BCUT2D eigenvalue weighted by atomic mass is 10.2. The zero-order valence-electron chi connectivity index (χ0n) is 11.7. The molecule has 112 valence electrons. The number of ether oxygens (including phenoxy) is 2. The monoisotopic (exact) mass is 345 g/mol. The number of rotatable bonds is 8. The summed E-state index contributed by atoms with van der Waals surface area (Å²) >= 11 is 3.38. The molecule has 1 aromatic rings. The Bertz CT molecular complexity index is 439. The fourth-order valence-corrected chi connectivity index (χ4v) is 2.18. The number of nitrogens with one attached hydrogen (secondary N) is 1. The van der Waals surface area contributed by atoms with E-state index in [2.05, 4.69) is 21.2 Å². The Morgan fingerprint density at radius 3 is 2.90 bits per heavy atom. The van der Waals surface area contributed by atoms with Crippen LogP contribution in [0, 0.1) is 6.92 Å². The standard InChI is InChI=1S/C14H20BrNO4/c1-10-3-4-13(12(15)7-10)20-9-14(18)16-6-5-11(17)8-19-2/h3-4,7,11,17H,5-6,8-9H2,1-2H3,(H,16,18). The smallest absolute Gasteiger partial charge is 0.257 e. The number of aliphatic hydroxyl groups is 1. The van der Waals surface area contributed by atoms with Crippen LogP contribution < -0.4 is 10.1 Å². The van der Waals surface area contributed by atoms with Crippen LogP contribution >= 0.6 is 15.9 Å². The number of aliphatic hydroxyl groups excluding tert-OH is 1. The summed E-state index contributed by atoms with van der Waals surface area (Å²) in [6.07, 6.45) is -0.110. The first-order valence-corrected chi connectivity index (χ1v) is 7.15. The van der Waals surface area contributed by atoms with Gasteiger partial charge in [0.15, 0.2) is 6.61 Å². The topological polar surface area (TPSA) is 67.8 Å². The van der Waals surface area contributed by atoms with Crippen LogP contribution in [-0.2, 0) is 9.53 Å². The Morgan fingerprint density at radius 2 is 2.25 bits per heavy atom. The molecule has 0 radical (unpaired) electrons. The van der Waals surface area contributed by atoms with Gasteiger partial charge in [0, 0.05) is 13.7 Å². The van der Waals surface area contributed by atoms with Crippen molar-refractivity contribution in [2.45, 2.75) is 19.4 Å². The molecule has 0 spiro atoms. The number of hydrogen-bond acceptors (Lipinski definition) is 4. The van der Waals surface area contributed by atoms with Gasteiger partial charge in [0.2, 0.25) is 0 Å². The molecule has 1 unspecified atom stereocenters. The summed E-state index contributed by atoms with van der Waals surface area (Å²) in [5.74, 6) is 0.409. The molecule has 0 heterocycles. The van der Waals surface area contributed by atoms with Gasteiger partial charge in [0.05, 0.1) is 17.2 Å². The Hall–Kier alpha value is -1.11. The summed E-state index contributed by atoms with van der Waals surface area (Å²) in [6.45, 7) is 2.58. The Labute approximate surface area is 127 Å². The second kappa shape index (κ2) is 8.94. The summed E-state index contributed by atoms with van der Waals surface area (Å²) in [5.41, 5.74) is 1.11. The number of hydrogen-bond donors (Lipinski definition) is 2. The minimum absolute atomic E-state index is 0.0535. The average Bonchev–Trinajstić information content (AvgIpc) is 2.38. The van der Waals surface area contributed by atoms with Gasteiger partial charge in [-0.05, 0) is 47.0 Å². The van der Waals surface area contributed by atoms with Gasteiger partial charge < -0.3 is 19.9 Å². The summed E-state index contributed by atoms with van der Waals surface area (Å²) in [5, 5.41) is 12.1. The zero-order chi connectivity index (χ0) is 15.0. The van der Waals surface area contributed by atoms with Crippen LogP contribution in [0.15, 0.2) is 22.7 Å². The van der Waals surface area contributed by atoms with Gasteiger partial charge in [-0.25, -0.2) is 0 Å². The maximum Gasteiger partial charge on any atom is 0.257 e. The molecule has 1 rings (SSSR count). The van der Waals surface area contributed by atoms with Crippen molar-refractivity contribution in [3.8, 4) is 5.75 Å². The molecule has 20 heavy (non-hydrogen) atoms. The van der Waals surface area contributed by atoms with Crippen LogP contribution in [0.1, 0.15) is 12.0 Å². The molecule has 5 nitrogen and oxygen atoms in total. The number of aryl methyl sites for hydroxylation is 1. The van der Waals surface area contributed by atoms with E-state index in [9.17, 15) is 9.90 Å². The van der Waals surface area contributed by atoms with E-state index in [4.69, 9.17) is 9.47 Å². The zero-order valence-corrected chi connectivity index (χ0v) is 13.3. The minimum Gasteiger partial charge on any atom is -0.483 e. The molecular formula is C14H20BrNO4. The maximum absolute atomic E-state index is 11.6. The predicted molar refractivity (Wildman–Crippen MR) is 79.9 cm³/mol. The van der Waals surface area contributed by atoms with E-state index in [1.165, 1.54) is 7.11 Å². The first-order chi connectivity index (χ1) is 9.52.